The minimum Gasteiger partial charge on any atom is -0.399 e. The van der Waals surface area contributed by atoms with Gasteiger partial charge in [-0.2, -0.15) is 0 Å². The number of nitrogens with zero attached hydrogens (tertiary/aromatic N) is 1. The van der Waals surface area contributed by atoms with Gasteiger partial charge in [0.05, 0.1) is 16.7 Å². The maximum absolute atomic E-state index is 6.13. The molecule has 1 aliphatic rings. The second kappa shape index (κ2) is 4.86. The van der Waals surface area contributed by atoms with E-state index in [0.717, 1.165) is 16.7 Å². The lowest BCUT2D eigenvalue weighted by Crippen LogP contribution is -2.41. The van der Waals surface area contributed by atoms with E-state index >= 15 is 0 Å². The van der Waals surface area contributed by atoms with Gasteiger partial charge in [-0.1, -0.05) is 17.3 Å². The van der Waals surface area contributed by atoms with E-state index < -0.39 is 18.3 Å². The second-order valence-electron chi connectivity index (χ2n) is 6.71. The van der Waals surface area contributed by atoms with Gasteiger partial charge in [-0.15, -0.1) is 0 Å². The summed E-state index contributed by atoms with van der Waals surface area (Å²) in [5.74, 6) is 0.699. The van der Waals surface area contributed by atoms with Crippen molar-refractivity contribution in [1.29, 1.82) is 0 Å². The number of nitrogen functional groups attached to an aromatic ring is 1. The molecule has 1 aliphatic heterocycles. The molecule has 1 saturated heterocycles. The number of aryl methyl sites for hydroxylation is 1. The number of benzene rings is 1. The largest absolute Gasteiger partial charge is 0.500 e. The Morgan fingerprint density at radius 3 is 2.09 bits per heavy atom. The Morgan fingerprint density at radius 1 is 1.00 bits per heavy atom. The van der Waals surface area contributed by atoms with Crippen molar-refractivity contribution in [2.75, 3.05) is 5.73 Å². The van der Waals surface area contributed by atoms with Gasteiger partial charge in [-0.25, -0.2) is 0 Å². The monoisotopic (exact) mass is 300 g/mol. The normalized spacial score (nSPS) is 19.6. The highest BCUT2D eigenvalue weighted by molar-refractivity contribution is 6.64. The molecule has 0 atom stereocenters. The van der Waals surface area contributed by atoms with Crippen LogP contribution in [0.4, 0.5) is 5.69 Å². The minimum absolute atomic E-state index is 0.403. The summed E-state index contributed by atoms with van der Waals surface area (Å²) in [4.78, 5) is 0. The van der Waals surface area contributed by atoms with E-state index in [4.69, 9.17) is 19.6 Å². The Hall–Kier alpha value is -1.79. The fourth-order valence-corrected chi connectivity index (χ4v) is 2.47. The summed E-state index contributed by atoms with van der Waals surface area (Å²) in [5.41, 5.74) is 8.15. The summed E-state index contributed by atoms with van der Waals surface area (Å²) in [5, 5.41) is 4.18. The van der Waals surface area contributed by atoms with Crippen LogP contribution in [0.5, 0.6) is 0 Å². The zero-order chi connectivity index (χ0) is 16.1. The lowest BCUT2D eigenvalue weighted by Gasteiger charge is -2.32. The number of nitrogens with two attached hydrogens (primary N) is 1. The summed E-state index contributed by atoms with van der Waals surface area (Å²) in [6, 6.07) is 7.52. The second-order valence-corrected chi connectivity index (χ2v) is 6.71. The van der Waals surface area contributed by atoms with Crippen LogP contribution in [0.25, 0.3) is 11.3 Å². The van der Waals surface area contributed by atoms with E-state index in [9.17, 15) is 0 Å². The molecule has 116 valence electrons. The maximum Gasteiger partial charge on any atom is 0.500 e. The van der Waals surface area contributed by atoms with Gasteiger partial charge in [0, 0.05) is 11.3 Å². The molecule has 5 nitrogen and oxygen atoms in total. The molecule has 1 aromatic heterocycles. The van der Waals surface area contributed by atoms with E-state index in [-0.39, 0.29) is 0 Å². The Bertz CT molecular complexity index is 676. The molecule has 0 bridgehead atoms. The van der Waals surface area contributed by atoms with Gasteiger partial charge in [-0.05, 0) is 46.8 Å². The van der Waals surface area contributed by atoms with Crippen LogP contribution in [0.3, 0.4) is 0 Å². The van der Waals surface area contributed by atoms with Crippen molar-refractivity contribution in [3.8, 4) is 11.3 Å². The highest BCUT2D eigenvalue weighted by atomic mass is 16.7. The molecule has 0 spiro atoms. The lowest BCUT2D eigenvalue weighted by molar-refractivity contribution is 0.00578. The molecule has 3 rings (SSSR count). The topological polar surface area (TPSA) is 70.5 Å². The number of anilines is 1. The van der Waals surface area contributed by atoms with Gasteiger partial charge in [0.2, 0.25) is 0 Å². The predicted octanol–water partition coefficient (Wildman–Crippen LogP) is 2.53. The molecule has 1 aromatic carbocycles. The zero-order valence-corrected chi connectivity index (χ0v) is 13.6. The van der Waals surface area contributed by atoms with Gasteiger partial charge in [0.1, 0.15) is 11.5 Å². The van der Waals surface area contributed by atoms with Gasteiger partial charge in [-0.3, -0.25) is 0 Å². The summed E-state index contributed by atoms with van der Waals surface area (Å²) in [7, 11) is -0.496. The molecule has 0 unspecified atom stereocenters. The number of hydrogen-bond acceptors (Lipinski definition) is 5. The first-order chi connectivity index (χ1) is 10.2. The van der Waals surface area contributed by atoms with E-state index in [1.807, 2.05) is 58.9 Å². The fraction of sp³-hybridized carbons (Fsp3) is 0.438. The molecule has 0 amide bonds. The van der Waals surface area contributed by atoms with E-state index in [1.165, 1.54) is 0 Å². The zero-order valence-electron chi connectivity index (χ0n) is 13.6. The first-order valence-electron chi connectivity index (χ1n) is 7.39. The molecular formula is C16H21BN2O3. The van der Waals surface area contributed by atoms with Crippen molar-refractivity contribution < 1.29 is 13.8 Å². The molecule has 0 saturated carbocycles. The van der Waals surface area contributed by atoms with E-state index in [2.05, 4.69) is 5.16 Å². The molecular weight excluding hydrogens is 279 g/mol. The van der Waals surface area contributed by atoms with E-state index in [0.29, 0.717) is 11.4 Å². The van der Waals surface area contributed by atoms with Crippen molar-refractivity contribution >= 4 is 18.3 Å². The molecule has 0 aliphatic carbocycles. The lowest BCUT2D eigenvalue weighted by atomic mass is 9.76. The van der Waals surface area contributed by atoms with Crippen LogP contribution in [0.15, 0.2) is 28.8 Å². The quantitative estimate of drug-likeness (QED) is 0.681. The highest BCUT2D eigenvalue weighted by Gasteiger charge is 2.53. The summed E-state index contributed by atoms with van der Waals surface area (Å²) < 4.78 is 17.6. The molecule has 2 aromatic rings. The van der Waals surface area contributed by atoms with Crippen molar-refractivity contribution in [3.63, 3.8) is 0 Å². The smallest absolute Gasteiger partial charge is 0.399 e. The van der Waals surface area contributed by atoms with Crippen molar-refractivity contribution in [2.45, 2.75) is 45.8 Å². The molecule has 22 heavy (non-hydrogen) atoms. The van der Waals surface area contributed by atoms with Crippen molar-refractivity contribution in [3.05, 3.63) is 30.0 Å². The van der Waals surface area contributed by atoms with Gasteiger partial charge < -0.3 is 19.6 Å². The fourth-order valence-electron chi connectivity index (χ4n) is 2.47. The SMILES string of the molecule is Cc1onc(-c2ccc(N)cc2)c1B1OC(C)(C)C(C)(C)O1. The maximum atomic E-state index is 6.13. The Labute approximate surface area is 130 Å². The number of aromatic nitrogens is 1. The number of hydrogen-bond donors (Lipinski definition) is 1. The summed E-state index contributed by atoms with van der Waals surface area (Å²) in [6.45, 7) is 9.98. The van der Waals surface area contributed by atoms with Crippen LogP contribution < -0.4 is 11.2 Å². The molecule has 2 heterocycles. The van der Waals surface area contributed by atoms with E-state index in [1.54, 1.807) is 0 Å². The Kier molecular flexibility index (Phi) is 3.34. The van der Waals surface area contributed by atoms with Crippen molar-refractivity contribution in [1.82, 2.24) is 5.16 Å². The average Bonchev–Trinajstić information content (AvgIpc) is 2.88. The predicted molar refractivity (Wildman–Crippen MR) is 86.8 cm³/mol. The molecule has 6 heteroatoms. The molecule has 1 fully saturated rings. The van der Waals surface area contributed by atoms with Crippen LogP contribution in [0.2, 0.25) is 0 Å². The third-order valence-electron chi connectivity index (χ3n) is 4.58. The molecule has 0 radical (unpaired) electrons. The third kappa shape index (κ3) is 2.32. The third-order valence-corrected chi connectivity index (χ3v) is 4.58. The van der Waals surface area contributed by atoms with Crippen LogP contribution in [-0.4, -0.2) is 23.5 Å². The highest BCUT2D eigenvalue weighted by Crippen LogP contribution is 2.37. The Morgan fingerprint density at radius 2 is 1.55 bits per heavy atom. The van der Waals surface area contributed by atoms with Gasteiger partial charge in [0.15, 0.2) is 0 Å². The average molecular weight is 300 g/mol. The minimum atomic E-state index is -0.496. The molecule has 2 N–H and O–H groups in total. The summed E-state index contributed by atoms with van der Waals surface area (Å²) in [6.07, 6.45) is 0. The van der Waals surface area contributed by atoms with Crippen LogP contribution in [0, 0.1) is 6.92 Å². The van der Waals surface area contributed by atoms with Gasteiger partial charge in [0.25, 0.3) is 0 Å². The first kappa shape index (κ1) is 15.1. The van der Waals surface area contributed by atoms with Crippen molar-refractivity contribution in [2.24, 2.45) is 0 Å². The summed E-state index contributed by atoms with van der Waals surface area (Å²) >= 11 is 0. The van der Waals surface area contributed by atoms with Crippen LogP contribution in [0.1, 0.15) is 33.5 Å². The standard InChI is InChI=1S/C16H21BN2O3/c1-10-13(17-21-15(2,3)16(4,5)22-17)14(19-20-10)11-6-8-12(18)9-7-11/h6-9H,18H2,1-5H3. The Balaban J connectivity index is 2.03. The van der Waals surface area contributed by atoms with Gasteiger partial charge >= 0.3 is 7.12 Å². The van der Waals surface area contributed by atoms with Crippen LogP contribution in [-0.2, 0) is 9.31 Å². The first-order valence-corrected chi connectivity index (χ1v) is 7.39. The van der Waals surface area contributed by atoms with Crippen LogP contribution >= 0.6 is 0 Å². The number of rotatable bonds is 2.